The number of benzene rings is 2. The number of thiazole rings is 1. The van der Waals surface area contributed by atoms with E-state index in [2.05, 4.69) is 4.98 Å². The number of hydrogen-bond acceptors (Lipinski definition) is 4. The molecule has 0 fully saturated rings. The van der Waals surface area contributed by atoms with E-state index < -0.39 is 17.7 Å². The smallest absolute Gasteiger partial charge is 0.307 e. The Bertz CT molecular complexity index is 985. The molecule has 0 aliphatic rings. The predicted molar refractivity (Wildman–Crippen MR) is 102 cm³/mol. The summed E-state index contributed by atoms with van der Waals surface area (Å²) in [6.45, 7) is 0. The lowest BCUT2D eigenvalue weighted by Gasteiger charge is -2.11. The van der Waals surface area contributed by atoms with E-state index in [1.807, 2.05) is 0 Å². The van der Waals surface area contributed by atoms with E-state index >= 15 is 0 Å². The molecule has 2 aromatic carbocycles. The number of halogens is 2. The van der Waals surface area contributed by atoms with Gasteiger partial charge < -0.3 is 5.11 Å². The van der Waals surface area contributed by atoms with Gasteiger partial charge in [-0.05, 0) is 36.2 Å². The van der Waals surface area contributed by atoms with E-state index in [4.69, 9.17) is 0 Å². The van der Waals surface area contributed by atoms with Crippen LogP contribution in [0.3, 0.4) is 0 Å². The Kier molecular flexibility index (Phi) is 6.26. The molecule has 1 atom stereocenters. The quantitative estimate of drug-likeness (QED) is 0.602. The van der Waals surface area contributed by atoms with Crippen molar-refractivity contribution in [1.29, 1.82) is 0 Å². The van der Waals surface area contributed by atoms with Crippen LogP contribution in [0.5, 0.6) is 0 Å². The summed E-state index contributed by atoms with van der Waals surface area (Å²) in [6.07, 6.45) is 0.0194. The molecule has 1 unspecified atom stereocenters. The minimum absolute atomic E-state index is 0.0129. The molecule has 1 N–H and O–H groups in total. The Morgan fingerprint density at radius 1 is 1.07 bits per heavy atom. The summed E-state index contributed by atoms with van der Waals surface area (Å²) in [5.41, 5.74) is 1.81. The number of aliphatic carboxylic acids is 1. The average Bonchev–Trinajstić information content (AvgIpc) is 3.11. The highest BCUT2D eigenvalue weighted by molar-refractivity contribution is 7.13. The fourth-order valence-electron chi connectivity index (χ4n) is 2.84. The Balaban J connectivity index is 1.63. The molecule has 0 bridgehead atoms. The van der Waals surface area contributed by atoms with Crippen LogP contribution in [0.25, 0.3) is 10.6 Å². The molecule has 0 spiro atoms. The summed E-state index contributed by atoms with van der Waals surface area (Å²) in [7, 11) is 0. The molecule has 0 saturated carbocycles. The fourth-order valence-corrected chi connectivity index (χ4v) is 3.66. The van der Waals surface area contributed by atoms with Gasteiger partial charge in [0.2, 0.25) is 0 Å². The van der Waals surface area contributed by atoms with Gasteiger partial charge in [-0.3, -0.25) is 9.59 Å². The maximum atomic E-state index is 13.3. The molecule has 1 aromatic heterocycles. The SMILES string of the molecule is O=C(Cc1csc(-c2cccc(F)c2)n1)CC(Cc1ccc(F)cc1)C(=O)O. The normalized spacial score (nSPS) is 11.9. The molecule has 0 saturated heterocycles. The van der Waals surface area contributed by atoms with E-state index in [0.717, 1.165) is 0 Å². The number of carboxylic acid groups (broad SMARTS) is 1. The number of carbonyl (C=O) groups is 2. The Hall–Kier alpha value is -2.93. The summed E-state index contributed by atoms with van der Waals surface area (Å²) in [5.74, 6) is -2.97. The molecule has 4 nitrogen and oxygen atoms in total. The number of ketones is 1. The fraction of sp³-hybridized carbons (Fsp3) is 0.190. The van der Waals surface area contributed by atoms with Gasteiger partial charge in [0.05, 0.1) is 11.6 Å². The standard InChI is InChI=1S/C21H17F2NO3S/c22-16-6-4-13(5-7-16)8-15(21(26)27)10-19(25)11-18-12-28-20(24-18)14-2-1-3-17(23)9-14/h1-7,9,12,15H,8,10-11H2,(H,26,27). The zero-order valence-corrected chi connectivity index (χ0v) is 15.6. The molecule has 0 aliphatic heterocycles. The molecule has 0 aliphatic carbocycles. The Labute approximate surface area is 164 Å². The molecule has 3 rings (SSSR count). The lowest BCUT2D eigenvalue weighted by molar-refractivity contribution is -0.143. The Morgan fingerprint density at radius 2 is 1.82 bits per heavy atom. The van der Waals surface area contributed by atoms with Gasteiger partial charge in [-0.15, -0.1) is 11.3 Å². The summed E-state index contributed by atoms with van der Waals surface area (Å²) in [6, 6.07) is 11.6. The molecule has 1 heterocycles. The highest BCUT2D eigenvalue weighted by Crippen LogP contribution is 2.25. The zero-order valence-electron chi connectivity index (χ0n) is 14.8. The van der Waals surface area contributed by atoms with E-state index in [1.54, 1.807) is 17.5 Å². The number of rotatable bonds is 8. The third-order valence-corrected chi connectivity index (χ3v) is 5.16. The van der Waals surface area contributed by atoms with E-state index in [-0.39, 0.29) is 30.9 Å². The second-order valence-electron chi connectivity index (χ2n) is 6.44. The maximum absolute atomic E-state index is 13.3. The summed E-state index contributed by atoms with van der Waals surface area (Å²) in [5, 5.41) is 11.7. The van der Waals surface area contributed by atoms with Crippen LogP contribution in [0.2, 0.25) is 0 Å². The number of hydrogen-bond donors (Lipinski definition) is 1. The molecular weight excluding hydrogens is 384 g/mol. The van der Waals surface area contributed by atoms with E-state index in [0.29, 0.717) is 21.8 Å². The summed E-state index contributed by atoms with van der Waals surface area (Å²) in [4.78, 5) is 28.2. The van der Waals surface area contributed by atoms with Gasteiger partial charge in [0.1, 0.15) is 22.4 Å². The minimum atomic E-state index is -1.07. The number of aromatic nitrogens is 1. The van der Waals surface area contributed by atoms with Crippen LogP contribution in [0, 0.1) is 17.6 Å². The van der Waals surface area contributed by atoms with Crippen LogP contribution in [0.4, 0.5) is 8.78 Å². The minimum Gasteiger partial charge on any atom is -0.481 e. The zero-order chi connectivity index (χ0) is 20.1. The monoisotopic (exact) mass is 401 g/mol. The molecule has 3 aromatic rings. The van der Waals surface area contributed by atoms with Crippen molar-refractivity contribution in [2.75, 3.05) is 0 Å². The molecule has 28 heavy (non-hydrogen) atoms. The number of Topliss-reactive ketones (excluding diaryl/α,β-unsaturated/α-hetero) is 1. The van der Waals surface area contributed by atoms with Gasteiger partial charge in [0.15, 0.2) is 0 Å². The average molecular weight is 401 g/mol. The van der Waals surface area contributed by atoms with Gasteiger partial charge in [-0.25, -0.2) is 13.8 Å². The van der Waals surface area contributed by atoms with Crippen molar-refractivity contribution >= 4 is 23.1 Å². The van der Waals surface area contributed by atoms with Gasteiger partial charge >= 0.3 is 5.97 Å². The first-order valence-corrected chi connectivity index (χ1v) is 9.48. The van der Waals surface area contributed by atoms with Crippen molar-refractivity contribution in [3.05, 3.63) is 76.8 Å². The first-order chi connectivity index (χ1) is 13.4. The molecular formula is C21H17F2NO3S. The van der Waals surface area contributed by atoms with E-state index in [1.165, 1.54) is 47.7 Å². The third kappa shape index (κ3) is 5.29. The van der Waals surface area contributed by atoms with Crippen molar-refractivity contribution in [3.63, 3.8) is 0 Å². The highest BCUT2D eigenvalue weighted by atomic mass is 32.1. The topological polar surface area (TPSA) is 67.3 Å². The highest BCUT2D eigenvalue weighted by Gasteiger charge is 2.22. The number of nitrogens with zero attached hydrogens (tertiary/aromatic N) is 1. The van der Waals surface area contributed by atoms with Crippen LogP contribution in [-0.2, 0) is 22.4 Å². The lowest BCUT2D eigenvalue weighted by Crippen LogP contribution is -2.21. The van der Waals surface area contributed by atoms with Crippen LogP contribution in [-0.4, -0.2) is 21.8 Å². The molecule has 144 valence electrons. The van der Waals surface area contributed by atoms with Gasteiger partial charge in [0.25, 0.3) is 0 Å². The van der Waals surface area contributed by atoms with Gasteiger partial charge in [0, 0.05) is 23.8 Å². The van der Waals surface area contributed by atoms with Gasteiger partial charge in [-0.2, -0.15) is 0 Å². The van der Waals surface area contributed by atoms with Crippen molar-refractivity contribution < 1.29 is 23.5 Å². The van der Waals surface area contributed by atoms with Crippen LogP contribution in [0.1, 0.15) is 17.7 Å². The van der Waals surface area contributed by atoms with Crippen molar-refractivity contribution in [2.24, 2.45) is 5.92 Å². The lowest BCUT2D eigenvalue weighted by atomic mass is 9.93. The summed E-state index contributed by atoms with van der Waals surface area (Å²) < 4.78 is 26.3. The third-order valence-electron chi connectivity index (χ3n) is 4.22. The first kappa shape index (κ1) is 19.8. The predicted octanol–water partition coefficient (Wildman–Crippen LogP) is 4.53. The molecule has 0 amide bonds. The van der Waals surface area contributed by atoms with Gasteiger partial charge in [-0.1, -0.05) is 24.3 Å². The maximum Gasteiger partial charge on any atom is 0.307 e. The van der Waals surface area contributed by atoms with Crippen LogP contribution < -0.4 is 0 Å². The Morgan fingerprint density at radius 3 is 2.50 bits per heavy atom. The second-order valence-corrected chi connectivity index (χ2v) is 7.30. The van der Waals surface area contributed by atoms with E-state index in [9.17, 15) is 23.5 Å². The first-order valence-electron chi connectivity index (χ1n) is 8.60. The van der Waals surface area contributed by atoms with Crippen molar-refractivity contribution in [3.8, 4) is 10.6 Å². The van der Waals surface area contributed by atoms with Crippen LogP contribution >= 0.6 is 11.3 Å². The summed E-state index contributed by atoms with van der Waals surface area (Å²) >= 11 is 1.30. The van der Waals surface area contributed by atoms with Crippen molar-refractivity contribution in [2.45, 2.75) is 19.3 Å². The van der Waals surface area contributed by atoms with Crippen LogP contribution in [0.15, 0.2) is 53.9 Å². The molecule has 7 heteroatoms. The number of carbonyl (C=O) groups excluding carboxylic acids is 1. The number of carboxylic acids is 1. The second kappa shape index (κ2) is 8.84. The largest absolute Gasteiger partial charge is 0.481 e. The van der Waals surface area contributed by atoms with Crippen molar-refractivity contribution in [1.82, 2.24) is 4.98 Å². The molecule has 0 radical (unpaired) electrons.